The Hall–Kier alpha value is -0.240. The Kier molecular flexibility index (Phi) is 6.99. The summed E-state index contributed by atoms with van der Waals surface area (Å²) in [5.41, 5.74) is -0.464. The molecule has 0 aromatic carbocycles. The summed E-state index contributed by atoms with van der Waals surface area (Å²) >= 11 is 1.71. The third-order valence-electron chi connectivity index (χ3n) is 1.96. The smallest absolute Gasteiger partial charge is 0.113 e. The van der Waals surface area contributed by atoms with E-state index in [1.807, 2.05) is 27.7 Å². The van der Waals surface area contributed by atoms with Crippen molar-refractivity contribution in [3.63, 3.8) is 0 Å². The Morgan fingerprint density at radius 3 is 2.47 bits per heavy atom. The van der Waals surface area contributed by atoms with E-state index in [2.05, 4.69) is 11.4 Å². The molecule has 0 spiro atoms. The maximum atomic E-state index is 9.08. The van der Waals surface area contributed by atoms with Gasteiger partial charge in [0.1, 0.15) is 5.54 Å². The molecule has 0 heterocycles. The molecular weight excluding hydrogens is 208 g/mol. The van der Waals surface area contributed by atoms with Gasteiger partial charge in [0.2, 0.25) is 0 Å². The van der Waals surface area contributed by atoms with Crippen LogP contribution in [0.3, 0.4) is 0 Å². The number of aliphatic hydroxyl groups is 1. The Balaban J connectivity index is 3.95. The Morgan fingerprint density at radius 2 is 2.07 bits per heavy atom. The summed E-state index contributed by atoms with van der Waals surface area (Å²) in [6, 6.07) is 2.62. The molecule has 0 aliphatic heterocycles. The van der Waals surface area contributed by atoms with E-state index >= 15 is 0 Å². The maximum Gasteiger partial charge on any atom is 0.113 e. The Labute approximate surface area is 97.2 Å². The van der Waals surface area contributed by atoms with Gasteiger partial charge in [-0.3, -0.25) is 5.32 Å². The molecule has 2 unspecified atom stereocenters. The first kappa shape index (κ1) is 14.8. The molecule has 2 N–H and O–H groups in total. The van der Waals surface area contributed by atoms with Gasteiger partial charge in [-0.1, -0.05) is 6.92 Å². The number of thioether (sulfide) groups is 1. The molecule has 15 heavy (non-hydrogen) atoms. The van der Waals surface area contributed by atoms with Crippen LogP contribution in [0.15, 0.2) is 0 Å². The van der Waals surface area contributed by atoms with E-state index in [4.69, 9.17) is 10.4 Å². The summed E-state index contributed by atoms with van der Waals surface area (Å²) in [6.45, 7) is 8.22. The van der Waals surface area contributed by atoms with Crippen molar-refractivity contribution in [3.05, 3.63) is 0 Å². The number of nitrogens with one attached hydrogen (secondary N) is 1. The number of hydrogen-bond donors (Lipinski definition) is 2. The minimum Gasteiger partial charge on any atom is -0.396 e. The van der Waals surface area contributed by atoms with Crippen LogP contribution < -0.4 is 5.32 Å². The highest BCUT2D eigenvalue weighted by atomic mass is 32.2. The molecule has 0 aromatic heterocycles. The van der Waals surface area contributed by atoms with Gasteiger partial charge in [-0.25, -0.2) is 0 Å². The minimum atomic E-state index is -0.464. The van der Waals surface area contributed by atoms with Gasteiger partial charge in [-0.15, -0.1) is 0 Å². The molecule has 2 atom stereocenters. The second kappa shape index (κ2) is 7.10. The van der Waals surface area contributed by atoms with Crippen LogP contribution in [0.2, 0.25) is 0 Å². The summed E-state index contributed by atoms with van der Waals surface area (Å²) in [7, 11) is 0. The number of hydrogen-bond acceptors (Lipinski definition) is 4. The molecule has 0 aliphatic carbocycles. The van der Waals surface area contributed by atoms with Gasteiger partial charge in [0.25, 0.3) is 0 Å². The molecule has 0 saturated heterocycles. The normalized spacial score (nSPS) is 17.1. The van der Waals surface area contributed by atoms with Crippen molar-refractivity contribution < 1.29 is 5.11 Å². The van der Waals surface area contributed by atoms with Gasteiger partial charge in [0.15, 0.2) is 0 Å². The van der Waals surface area contributed by atoms with Crippen LogP contribution in [-0.4, -0.2) is 34.8 Å². The van der Waals surface area contributed by atoms with Crippen molar-refractivity contribution in [2.24, 2.45) is 5.92 Å². The molecule has 0 aromatic rings. The fourth-order valence-corrected chi connectivity index (χ4v) is 2.44. The molecule has 0 rings (SSSR count). The van der Waals surface area contributed by atoms with E-state index in [1.54, 1.807) is 11.8 Å². The first-order valence-corrected chi connectivity index (χ1v) is 6.46. The summed E-state index contributed by atoms with van der Waals surface area (Å²) in [5.74, 6) is 1.96. The molecule has 0 fully saturated rings. The molecule has 0 radical (unpaired) electrons. The van der Waals surface area contributed by atoms with Gasteiger partial charge in [0.05, 0.1) is 6.07 Å². The topological polar surface area (TPSA) is 56.0 Å². The zero-order valence-corrected chi connectivity index (χ0v) is 10.9. The van der Waals surface area contributed by atoms with E-state index in [0.717, 1.165) is 11.5 Å². The molecule has 0 amide bonds. The fourth-order valence-electron chi connectivity index (χ4n) is 1.26. The van der Waals surface area contributed by atoms with Gasteiger partial charge in [0, 0.05) is 18.4 Å². The van der Waals surface area contributed by atoms with Crippen molar-refractivity contribution in [3.8, 4) is 6.07 Å². The van der Waals surface area contributed by atoms with E-state index in [9.17, 15) is 0 Å². The molecule has 88 valence electrons. The monoisotopic (exact) mass is 230 g/mol. The third-order valence-corrected chi connectivity index (χ3v) is 3.54. The lowest BCUT2D eigenvalue weighted by Crippen LogP contribution is -2.47. The molecule has 0 saturated carbocycles. The highest BCUT2D eigenvalue weighted by Crippen LogP contribution is 2.16. The van der Waals surface area contributed by atoms with Gasteiger partial charge >= 0.3 is 0 Å². The molecular formula is C11H22N2OS. The van der Waals surface area contributed by atoms with Gasteiger partial charge < -0.3 is 5.11 Å². The third kappa shape index (κ3) is 6.77. The zero-order valence-electron chi connectivity index (χ0n) is 10.1. The fraction of sp³-hybridized carbons (Fsp3) is 0.909. The van der Waals surface area contributed by atoms with Crippen LogP contribution in [0, 0.1) is 17.2 Å². The average Bonchev–Trinajstić information content (AvgIpc) is 2.16. The number of nitrogens with zero attached hydrogens (tertiary/aromatic N) is 1. The minimum absolute atomic E-state index is 0.216. The zero-order chi connectivity index (χ0) is 11.9. The standard InChI is InChI=1S/C11H22N2OS/c1-9(2)13-11(4,7-12)8-15-6-10(3)5-14/h9-10,13-14H,5-6,8H2,1-4H3. The van der Waals surface area contributed by atoms with Crippen LogP contribution in [-0.2, 0) is 0 Å². The van der Waals surface area contributed by atoms with Crippen LogP contribution in [0.1, 0.15) is 27.7 Å². The largest absolute Gasteiger partial charge is 0.396 e. The SMILES string of the molecule is CC(CO)CSCC(C)(C#N)NC(C)C. The van der Waals surface area contributed by atoms with Crippen LogP contribution in [0.25, 0.3) is 0 Å². The van der Waals surface area contributed by atoms with Crippen molar-refractivity contribution in [2.75, 3.05) is 18.1 Å². The summed E-state index contributed by atoms with van der Waals surface area (Å²) < 4.78 is 0. The predicted molar refractivity (Wildman–Crippen MR) is 65.9 cm³/mol. The van der Waals surface area contributed by atoms with Crippen LogP contribution >= 0.6 is 11.8 Å². The van der Waals surface area contributed by atoms with E-state index in [1.165, 1.54) is 0 Å². The number of rotatable bonds is 7. The van der Waals surface area contributed by atoms with E-state index in [0.29, 0.717) is 12.0 Å². The summed E-state index contributed by atoms with van der Waals surface area (Å²) in [4.78, 5) is 0. The average molecular weight is 230 g/mol. The number of aliphatic hydroxyl groups excluding tert-OH is 1. The van der Waals surface area contributed by atoms with Gasteiger partial charge in [-0.2, -0.15) is 17.0 Å². The first-order chi connectivity index (χ1) is 6.93. The molecule has 0 aliphatic rings. The quantitative estimate of drug-likeness (QED) is 0.698. The lowest BCUT2D eigenvalue weighted by molar-refractivity contribution is 0.250. The lowest BCUT2D eigenvalue weighted by atomic mass is 10.1. The highest BCUT2D eigenvalue weighted by molar-refractivity contribution is 7.99. The predicted octanol–water partition coefficient (Wildman–Crippen LogP) is 1.63. The number of nitriles is 1. The second-order valence-electron chi connectivity index (χ2n) is 4.55. The molecule has 4 heteroatoms. The van der Waals surface area contributed by atoms with E-state index < -0.39 is 5.54 Å². The maximum absolute atomic E-state index is 9.08. The van der Waals surface area contributed by atoms with E-state index in [-0.39, 0.29) is 6.61 Å². The van der Waals surface area contributed by atoms with Crippen LogP contribution in [0.4, 0.5) is 0 Å². The van der Waals surface area contributed by atoms with Crippen molar-refractivity contribution in [1.82, 2.24) is 5.32 Å². The summed E-state index contributed by atoms with van der Waals surface area (Å²) in [6.07, 6.45) is 0. The lowest BCUT2D eigenvalue weighted by Gasteiger charge is -2.25. The molecule has 3 nitrogen and oxygen atoms in total. The highest BCUT2D eigenvalue weighted by Gasteiger charge is 2.24. The van der Waals surface area contributed by atoms with Crippen molar-refractivity contribution in [1.29, 1.82) is 5.26 Å². The van der Waals surface area contributed by atoms with Crippen LogP contribution in [0.5, 0.6) is 0 Å². The molecule has 0 bridgehead atoms. The van der Waals surface area contributed by atoms with Gasteiger partial charge in [-0.05, 0) is 32.4 Å². The van der Waals surface area contributed by atoms with Crippen molar-refractivity contribution >= 4 is 11.8 Å². The Morgan fingerprint density at radius 1 is 1.47 bits per heavy atom. The second-order valence-corrected chi connectivity index (χ2v) is 5.58. The Bertz CT molecular complexity index is 215. The summed E-state index contributed by atoms with van der Waals surface area (Å²) in [5, 5.41) is 21.2. The van der Waals surface area contributed by atoms with Crippen molar-refractivity contribution in [2.45, 2.75) is 39.3 Å². The first-order valence-electron chi connectivity index (χ1n) is 5.31.